The Balaban J connectivity index is 1.99. The molecule has 1 aliphatic carbocycles. The predicted octanol–water partition coefficient (Wildman–Crippen LogP) is 4.55. The van der Waals surface area contributed by atoms with Crippen molar-refractivity contribution in [3.63, 3.8) is 0 Å². The van der Waals surface area contributed by atoms with E-state index in [1.54, 1.807) is 0 Å². The van der Waals surface area contributed by atoms with Gasteiger partial charge in [-0.3, -0.25) is 0 Å². The molecule has 1 fully saturated rings. The Labute approximate surface area is 130 Å². The van der Waals surface area contributed by atoms with Crippen LogP contribution in [0, 0.1) is 19.8 Å². The summed E-state index contributed by atoms with van der Waals surface area (Å²) >= 11 is 0. The van der Waals surface area contributed by atoms with Gasteiger partial charge in [0.25, 0.3) is 0 Å². The van der Waals surface area contributed by atoms with Gasteiger partial charge in [0.15, 0.2) is 0 Å². The van der Waals surface area contributed by atoms with E-state index in [-0.39, 0.29) is 0 Å². The lowest BCUT2D eigenvalue weighted by atomic mass is 9.88. The summed E-state index contributed by atoms with van der Waals surface area (Å²) in [6.45, 7) is 10.6. The highest BCUT2D eigenvalue weighted by Gasteiger charge is 2.23. The molecule has 0 heterocycles. The number of aryl methyl sites for hydroxylation is 2. The van der Waals surface area contributed by atoms with Crippen LogP contribution >= 0.6 is 0 Å². The van der Waals surface area contributed by atoms with Gasteiger partial charge in [0.1, 0.15) is 0 Å². The zero-order valence-corrected chi connectivity index (χ0v) is 14.1. The van der Waals surface area contributed by atoms with Gasteiger partial charge in [-0.1, -0.05) is 44.9 Å². The van der Waals surface area contributed by atoms with Crippen LogP contribution in [0.2, 0.25) is 0 Å². The molecule has 118 valence electrons. The van der Waals surface area contributed by atoms with E-state index in [4.69, 9.17) is 4.74 Å². The molecule has 1 saturated carbocycles. The first-order valence-corrected chi connectivity index (χ1v) is 8.54. The van der Waals surface area contributed by atoms with Gasteiger partial charge < -0.3 is 10.1 Å². The molecule has 2 nitrogen and oxygen atoms in total. The van der Waals surface area contributed by atoms with Gasteiger partial charge in [-0.2, -0.15) is 0 Å². The zero-order chi connectivity index (χ0) is 15.2. The number of hydrogen-bond acceptors (Lipinski definition) is 2. The van der Waals surface area contributed by atoms with Crippen LogP contribution in [0.3, 0.4) is 0 Å². The molecule has 21 heavy (non-hydrogen) atoms. The first-order valence-electron chi connectivity index (χ1n) is 8.54. The molecule has 1 aromatic carbocycles. The zero-order valence-electron chi connectivity index (χ0n) is 14.1. The molecule has 0 aromatic heterocycles. The smallest absolute Gasteiger partial charge is 0.0665 e. The molecule has 2 heteroatoms. The largest absolute Gasteiger partial charge is 0.376 e. The summed E-state index contributed by atoms with van der Waals surface area (Å²) in [5.74, 6) is 0.709. The minimum absolute atomic E-state index is 0.309. The third kappa shape index (κ3) is 4.55. The molecule has 1 aromatic rings. The van der Waals surface area contributed by atoms with Crippen LogP contribution in [0.25, 0.3) is 0 Å². The molecule has 1 N–H and O–H groups in total. The van der Waals surface area contributed by atoms with Crippen LogP contribution < -0.4 is 5.32 Å². The second kappa shape index (κ2) is 7.95. The van der Waals surface area contributed by atoms with Crippen molar-refractivity contribution < 1.29 is 4.74 Å². The lowest BCUT2D eigenvalue weighted by molar-refractivity contribution is -0.0151. The van der Waals surface area contributed by atoms with Gasteiger partial charge in [-0.25, -0.2) is 0 Å². The Hall–Kier alpha value is -0.860. The van der Waals surface area contributed by atoms with Crippen molar-refractivity contribution in [3.8, 4) is 0 Å². The second-order valence-electron chi connectivity index (χ2n) is 6.59. The summed E-state index contributed by atoms with van der Waals surface area (Å²) in [5.41, 5.74) is 4.07. The number of rotatable bonds is 6. The van der Waals surface area contributed by atoms with E-state index in [0.29, 0.717) is 18.1 Å². The van der Waals surface area contributed by atoms with Crippen LogP contribution in [-0.2, 0) is 4.74 Å². The van der Waals surface area contributed by atoms with Crippen molar-refractivity contribution in [2.45, 2.75) is 65.5 Å². The fourth-order valence-corrected chi connectivity index (χ4v) is 3.25. The highest BCUT2D eigenvalue weighted by Crippen LogP contribution is 2.27. The number of likely N-dealkylation sites (N-methyl/N-ethyl adjacent to an activating group) is 1. The van der Waals surface area contributed by atoms with Gasteiger partial charge in [-0.15, -0.1) is 0 Å². The Kier molecular flexibility index (Phi) is 6.25. The summed E-state index contributed by atoms with van der Waals surface area (Å²) in [4.78, 5) is 0. The lowest BCUT2D eigenvalue weighted by Gasteiger charge is -2.30. The molecule has 1 aliphatic rings. The maximum Gasteiger partial charge on any atom is 0.0665 e. The molecular formula is C19H31NO. The van der Waals surface area contributed by atoms with E-state index < -0.39 is 0 Å². The second-order valence-corrected chi connectivity index (χ2v) is 6.59. The molecule has 0 radical (unpaired) electrons. The molecule has 0 saturated heterocycles. The summed E-state index contributed by atoms with van der Waals surface area (Å²) in [6, 6.07) is 7.07. The monoisotopic (exact) mass is 289 g/mol. The summed E-state index contributed by atoms with van der Waals surface area (Å²) in [6.07, 6.45) is 5.69. The van der Waals surface area contributed by atoms with Crippen LogP contribution in [0.5, 0.6) is 0 Å². The van der Waals surface area contributed by atoms with Crippen molar-refractivity contribution in [2.24, 2.45) is 5.92 Å². The first kappa shape index (κ1) is 16.5. The summed E-state index contributed by atoms with van der Waals surface area (Å²) in [5, 5.41) is 3.57. The highest BCUT2D eigenvalue weighted by atomic mass is 16.5. The van der Waals surface area contributed by atoms with Gasteiger partial charge in [0.05, 0.1) is 18.8 Å². The molecule has 3 atom stereocenters. The van der Waals surface area contributed by atoms with E-state index in [1.165, 1.54) is 42.4 Å². The Morgan fingerprint density at radius 1 is 1.19 bits per heavy atom. The third-order valence-electron chi connectivity index (χ3n) is 4.89. The van der Waals surface area contributed by atoms with Crippen molar-refractivity contribution in [3.05, 3.63) is 34.9 Å². The van der Waals surface area contributed by atoms with Crippen LogP contribution in [0.4, 0.5) is 0 Å². The third-order valence-corrected chi connectivity index (χ3v) is 4.89. The van der Waals surface area contributed by atoms with Gasteiger partial charge in [-0.05, 0) is 55.8 Å². The highest BCUT2D eigenvalue weighted by molar-refractivity contribution is 5.31. The number of benzene rings is 1. The average molecular weight is 289 g/mol. The Morgan fingerprint density at radius 3 is 2.62 bits per heavy atom. The van der Waals surface area contributed by atoms with Gasteiger partial charge in [0, 0.05) is 0 Å². The maximum absolute atomic E-state index is 6.27. The molecule has 0 bridgehead atoms. The molecule has 3 unspecified atom stereocenters. The molecule has 0 spiro atoms. The van der Waals surface area contributed by atoms with E-state index in [1.807, 2.05) is 0 Å². The standard InChI is InChI=1S/C19H31NO/c1-5-20-18(17-11-10-14(2)16(4)12-17)13-21-19-9-7-6-8-15(19)3/h10-12,15,18-20H,5-9,13H2,1-4H3. The summed E-state index contributed by atoms with van der Waals surface area (Å²) < 4.78 is 6.27. The minimum atomic E-state index is 0.309. The van der Waals surface area contributed by atoms with E-state index in [2.05, 4.69) is 51.2 Å². The Bertz CT molecular complexity index is 443. The Morgan fingerprint density at radius 2 is 1.95 bits per heavy atom. The maximum atomic E-state index is 6.27. The van der Waals surface area contributed by atoms with E-state index in [0.717, 1.165) is 13.2 Å². The first-order chi connectivity index (χ1) is 10.1. The van der Waals surface area contributed by atoms with Crippen molar-refractivity contribution in [2.75, 3.05) is 13.2 Å². The number of ether oxygens (including phenoxy) is 1. The van der Waals surface area contributed by atoms with Crippen molar-refractivity contribution in [1.82, 2.24) is 5.32 Å². The van der Waals surface area contributed by atoms with Crippen molar-refractivity contribution in [1.29, 1.82) is 0 Å². The fourth-order valence-electron chi connectivity index (χ4n) is 3.25. The van der Waals surface area contributed by atoms with E-state index in [9.17, 15) is 0 Å². The van der Waals surface area contributed by atoms with Crippen LogP contribution in [-0.4, -0.2) is 19.3 Å². The molecular weight excluding hydrogens is 258 g/mol. The predicted molar refractivity (Wildman–Crippen MR) is 89.7 cm³/mol. The SMILES string of the molecule is CCNC(COC1CCCCC1C)c1ccc(C)c(C)c1. The van der Waals surface area contributed by atoms with Crippen LogP contribution in [0.1, 0.15) is 62.3 Å². The molecule has 0 amide bonds. The quantitative estimate of drug-likeness (QED) is 0.829. The average Bonchev–Trinajstić information content (AvgIpc) is 2.48. The summed E-state index contributed by atoms with van der Waals surface area (Å²) in [7, 11) is 0. The van der Waals surface area contributed by atoms with Gasteiger partial charge in [0.2, 0.25) is 0 Å². The number of hydrogen-bond donors (Lipinski definition) is 1. The number of nitrogens with one attached hydrogen (secondary N) is 1. The topological polar surface area (TPSA) is 21.3 Å². The lowest BCUT2D eigenvalue weighted by Crippen LogP contribution is -2.31. The van der Waals surface area contributed by atoms with Gasteiger partial charge >= 0.3 is 0 Å². The minimum Gasteiger partial charge on any atom is -0.376 e. The normalized spacial score (nSPS) is 24.0. The molecule has 0 aliphatic heterocycles. The van der Waals surface area contributed by atoms with E-state index >= 15 is 0 Å². The van der Waals surface area contributed by atoms with Crippen LogP contribution in [0.15, 0.2) is 18.2 Å². The fraction of sp³-hybridized carbons (Fsp3) is 0.684. The van der Waals surface area contributed by atoms with Crippen molar-refractivity contribution >= 4 is 0 Å². The molecule has 2 rings (SSSR count).